The van der Waals surface area contributed by atoms with Crippen molar-refractivity contribution in [2.75, 3.05) is 5.75 Å². The van der Waals surface area contributed by atoms with Crippen LogP contribution in [0.15, 0.2) is 55.1 Å². The van der Waals surface area contributed by atoms with Crippen molar-refractivity contribution in [1.29, 1.82) is 0 Å². The van der Waals surface area contributed by atoms with Gasteiger partial charge in [0.15, 0.2) is 15.6 Å². The normalized spacial score (nSPS) is 14.3. The van der Waals surface area contributed by atoms with Crippen molar-refractivity contribution in [3.8, 4) is 16.9 Å². The van der Waals surface area contributed by atoms with E-state index >= 15 is 0 Å². The van der Waals surface area contributed by atoms with Crippen LogP contribution < -0.4 is 0 Å². The molecule has 0 radical (unpaired) electrons. The number of carbonyl (C=O) groups excluding carboxylic acids is 1. The molecule has 132 valence electrons. The fourth-order valence-electron chi connectivity index (χ4n) is 2.64. The van der Waals surface area contributed by atoms with Gasteiger partial charge >= 0.3 is 0 Å². The van der Waals surface area contributed by atoms with Crippen LogP contribution in [0.2, 0.25) is 0 Å². The molecular formula is C18H16N4O3S. The van der Waals surface area contributed by atoms with Gasteiger partial charge in [0, 0.05) is 18.0 Å². The minimum absolute atomic E-state index is 0.154. The Balaban J connectivity index is 1.58. The van der Waals surface area contributed by atoms with Gasteiger partial charge in [-0.15, -0.1) is 0 Å². The van der Waals surface area contributed by atoms with Crippen LogP contribution in [0.25, 0.3) is 16.9 Å². The van der Waals surface area contributed by atoms with E-state index in [9.17, 15) is 13.2 Å². The van der Waals surface area contributed by atoms with Crippen LogP contribution in [0.5, 0.6) is 0 Å². The summed E-state index contributed by atoms with van der Waals surface area (Å²) < 4.78 is 25.7. The van der Waals surface area contributed by atoms with E-state index in [-0.39, 0.29) is 10.9 Å². The van der Waals surface area contributed by atoms with Crippen molar-refractivity contribution < 1.29 is 13.2 Å². The first-order valence-corrected chi connectivity index (χ1v) is 9.92. The van der Waals surface area contributed by atoms with Gasteiger partial charge in [0.2, 0.25) is 0 Å². The quantitative estimate of drug-likeness (QED) is 0.618. The number of sulfone groups is 1. The number of Topliss-reactive ketones (excluding diaryl/α,β-unsaturated/α-hetero) is 1. The number of pyridine rings is 2. The zero-order valence-electron chi connectivity index (χ0n) is 13.8. The van der Waals surface area contributed by atoms with Crippen molar-refractivity contribution in [2.45, 2.75) is 18.1 Å². The molecule has 3 heterocycles. The molecule has 7 nitrogen and oxygen atoms in total. The van der Waals surface area contributed by atoms with Gasteiger partial charge in [0.25, 0.3) is 0 Å². The number of rotatable bonds is 6. The molecule has 8 heteroatoms. The summed E-state index contributed by atoms with van der Waals surface area (Å²) in [5.74, 6) is -0.957. The number of ketones is 1. The van der Waals surface area contributed by atoms with Crippen LogP contribution in [0, 0.1) is 0 Å². The second-order valence-electron chi connectivity index (χ2n) is 6.22. The zero-order chi connectivity index (χ0) is 18.1. The average Bonchev–Trinajstić information content (AvgIpc) is 3.41. The van der Waals surface area contributed by atoms with Crippen LogP contribution in [0.4, 0.5) is 0 Å². The Labute approximate surface area is 150 Å². The lowest BCUT2D eigenvalue weighted by Crippen LogP contribution is -2.20. The third kappa shape index (κ3) is 3.41. The molecule has 0 spiro atoms. The average molecular weight is 368 g/mol. The van der Waals surface area contributed by atoms with Gasteiger partial charge in [-0.3, -0.25) is 9.78 Å². The third-order valence-electron chi connectivity index (χ3n) is 4.19. The number of nitrogens with zero attached hydrogens (tertiary/aromatic N) is 4. The second kappa shape index (κ2) is 6.45. The van der Waals surface area contributed by atoms with Crippen LogP contribution in [0.3, 0.4) is 0 Å². The highest BCUT2D eigenvalue weighted by atomic mass is 32.2. The SMILES string of the molecule is O=C(CS(=O)(=O)C1CC1)c1cccc(-c2cnn(-c3cccnc3)c2)n1. The van der Waals surface area contributed by atoms with Crippen LogP contribution in [0.1, 0.15) is 23.3 Å². The summed E-state index contributed by atoms with van der Waals surface area (Å²) in [6, 6.07) is 8.69. The minimum atomic E-state index is -3.36. The number of hydrogen-bond acceptors (Lipinski definition) is 6. The first kappa shape index (κ1) is 16.6. The predicted octanol–water partition coefficient (Wildman–Crippen LogP) is 2.09. The molecule has 3 aromatic heterocycles. The highest BCUT2D eigenvalue weighted by Gasteiger charge is 2.37. The molecule has 0 unspecified atom stereocenters. The fraction of sp³-hybridized carbons (Fsp3) is 0.222. The monoisotopic (exact) mass is 368 g/mol. The maximum atomic E-state index is 12.3. The molecule has 1 aliphatic rings. The Bertz CT molecular complexity index is 1060. The lowest BCUT2D eigenvalue weighted by Gasteiger charge is -2.04. The fourth-order valence-corrected chi connectivity index (χ4v) is 4.24. The minimum Gasteiger partial charge on any atom is -0.291 e. The highest BCUT2D eigenvalue weighted by molar-refractivity contribution is 7.93. The van der Waals surface area contributed by atoms with Crippen LogP contribution >= 0.6 is 0 Å². The Hall–Kier alpha value is -2.87. The topological polar surface area (TPSA) is 94.8 Å². The van der Waals surface area contributed by atoms with Crippen LogP contribution in [-0.4, -0.2) is 45.0 Å². The van der Waals surface area contributed by atoms with E-state index in [2.05, 4.69) is 15.1 Å². The summed E-state index contributed by atoms with van der Waals surface area (Å²) in [7, 11) is -3.36. The summed E-state index contributed by atoms with van der Waals surface area (Å²) >= 11 is 0. The maximum absolute atomic E-state index is 12.3. The highest BCUT2D eigenvalue weighted by Crippen LogP contribution is 2.29. The largest absolute Gasteiger partial charge is 0.291 e. The van der Waals surface area contributed by atoms with Gasteiger partial charge in [-0.05, 0) is 37.1 Å². The van der Waals surface area contributed by atoms with Crippen molar-refractivity contribution in [1.82, 2.24) is 19.7 Å². The van der Waals surface area contributed by atoms with Crippen molar-refractivity contribution in [2.24, 2.45) is 0 Å². The Morgan fingerprint density at radius 2 is 2.00 bits per heavy atom. The number of aromatic nitrogens is 4. The predicted molar refractivity (Wildman–Crippen MR) is 95.7 cm³/mol. The summed E-state index contributed by atoms with van der Waals surface area (Å²) in [5, 5.41) is 3.93. The Morgan fingerprint density at radius 1 is 1.15 bits per heavy atom. The summed E-state index contributed by atoms with van der Waals surface area (Å²) in [4.78, 5) is 20.7. The lowest BCUT2D eigenvalue weighted by atomic mass is 10.2. The van der Waals surface area contributed by atoms with Crippen molar-refractivity contribution >= 4 is 15.6 Å². The van der Waals surface area contributed by atoms with E-state index < -0.39 is 21.4 Å². The molecule has 26 heavy (non-hydrogen) atoms. The molecule has 0 amide bonds. The van der Waals surface area contributed by atoms with E-state index in [0.29, 0.717) is 18.5 Å². The Morgan fingerprint density at radius 3 is 2.73 bits per heavy atom. The van der Waals surface area contributed by atoms with Gasteiger partial charge in [0.05, 0.1) is 29.0 Å². The number of carbonyl (C=O) groups is 1. The lowest BCUT2D eigenvalue weighted by molar-refractivity contribution is 0.101. The molecule has 0 aliphatic heterocycles. The second-order valence-corrected chi connectivity index (χ2v) is 8.50. The van der Waals surface area contributed by atoms with E-state index in [4.69, 9.17) is 0 Å². The molecule has 0 saturated heterocycles. The van der Waals surface area contributed by atoms with Gasteiger partial charge in [-0.2, -0.15) is 5.10 Å². The maximum Gasteiger partial charge on any atom is 0.196 e. The van der Waals surface area contributed by atoms with Gasteiger partial charge in [-0.1, -0.05) is 6.07 Å². The molecule has 0 N–H and O–H groups in total. The van der Waals surface area contributed by atoms with Gasteiger partial charge in [0.1, 0.15) is 11.4 Å². The van der Waals surface area contributed by atoms with E-state index in [0.717, 1.165) is 11.3 Å². The van der Waals surface area contributed by atoms with Crippen LogP contribution in [-0.2, 0) is 9.84 Å². The zero-order valence-corrected chi connectivity index (χ0v) is 14.6. The van der Waals surface area contributed by atoms with Crippen molar-refractivity contribution in [3.63, 3.8) is 0 Å². The molecule has 1 aliphatic carbocycles. The van der Waals surface area contributed by atoms with E-state index in [1.54, 1.807) is 47.7 Å². The summed E-state index contributed by atoms with van der Waals surface area (Å²) in [6.07, 6.45) is 8.10. The molecule has 1 fully saturated rings. The molecule has 4 rings (SSSR count). The molecule has 3 aromatic rings. The molecular weight excluding hydrogens is 352 g/mol. The third-order valence-corrected chi connectivity index (χ3v) is 6.34. The molecule has 0 atom stereocenters. The summed E-state index contributed by atoms with van der Waals surface area (Å²) in [6.45, 7) is 0. The van der Waals surface area contributed by atoms with Crippen molar-refractivity contribution in [3.05, 3.63) is 60.8 Å². The van der Waals surface area contributed by atoms with Gasteiger partial charge < -0.3 is 0 Å². The standard InChI is InChI=1S/C18H16N4O3S/c23-18(12-26(24,25)15-6-7-15)17-5-1-4-16(21-17)13-9-20-22(11-13)14-3-2-8-19-10-14/h1-5,8-11,15H,6-7,12H2. The first-order chi connectivity index (χ1) is 12.5. The molecule has 1 saturated carbocycles. The number of hydrogen-bond donors (Lipinski definition) is 0. The van der Waals surface area contributed by atoms with Gasteiger partial charge in [-0.25, -0.2) is 18.1 Å². The smallest absolute Gasteiger partial charge is 0.196 e. The first-order valence-electron chi connectivity index (χ1n) is 8.20. The Kier molecular flexibility index (Phi) is 4.12. The molecule has 0 bridgehead atoms. The molecule has 0 aromatic carbocycles. The van der Waals surface area contributed by atoms with E-state index in [1.165, 1.54) is 0 Å². The van der Waals surface area contributed by atoms with E-state index in [1.807, 2.05) is 12.1 Å². The summed E-state index contributed by atoms with van der Waals surface area (Å²) in [5.41, 5.74) is 2.26.